The third-order valence-electron chi connectivity index (χ3n) is 5.49. The molecule has 1 saturated heterocycles. The molecule has 1 fully saturated rings. The maximum absolute atomic E-state index is 13.4. The van der Waals surface area contributed by atoms with Crippen LogP contribution in [0.4, 0.5) is 5.69 Å². The van der Waals surface area contributed by atoms with Gasteiger partial charge in [-0.3, -0.25) is 29.5 Å². The molecule has 0 radical (unpaired) electrons. The summed E-state index contributed by atoms with van der Waals surface area (Å²) >= 11 is 5.54. The zero-order valence-corrected chi connectivity index (χ0v) is 21.7. The SMILES string of the molecule is CCOc1cccc(NC(=O)C[C@H]2C(=O)N(Cc3ccccc3)C(=S)N2NC(=O)CCCNC(C)=O)c1. The first-order chi connectivity index (χ1) is 17.8. The van der Waals surface area contributed by atoms with Gasteiger partial charge in [-0.05, 0) is 43.3 Å². The fourth-order valence-corrected chi connectivity index (χ4v) is 4.11. The second-order valence-corrected chi connectivity index (χ2v) is 8.78. The predicted octanol–water partition coefficient (Wildman–Crippen LogP) is 2.36. The number of thiocarbonyl (C=S) groups is 1. The van der Waals surface area contributed by atoms with Crippen LogP contribution >= 0.6 is 12.2 Å². The smallest absolute Gasteiger partial charge is 0.254 e. The van der Waals surface area contributed by atoms with Gasteiger partial charge < -0.3 is 15.4 Å². The maximum atomic E-state index is 13.4. The van der Waals surface area contributed by atoms with E-state index in [1.165, 1.54) is 16.8 Å². The minimum absolute atomic E-state index is 0.107. The van der Waals surface area contributed by atoms with Crippen LogP contribution in [0.3, 0.4) is 0 Å². The Kier molecular flexibility index (Phi) is 9.96. The van der Waals surface area contributed by atoms with Crippen LogP contribution in [0.15, 0.2) is 54.6 Å². The van der Waals surface area contributed by atoms with Gasteiger partial charge in [0.05, 0.1) is 19.6 Å². The molecular formula is C26H31N5O5S. The van der Waals surface area contributed by atoms with Crippen LogP contribution in [-0.2, 0) is 25.7 Å². The number of hydrogen-bond acceptors (Lipinski definition) is 6. The van der Waals surface area contributed by atoms with Gasteiger partial charge in [0.25, 0.3) is 5.91 Å². The van der Waals surface area contributed by atoms with E-state index in [1.807, 2.05) is 37.3 Å². The molecule has 1 aliphatic rings. The summed E-state index contributed by atoms with van der Waals surface area (Å²) in [5, 5.41) is 6.81. The lowest BCUT2D eigenvalue weighted by Gasteiger charge is -2.24. The first-order valence-electron chi connectivity index (χ1n) is 12.0. The molecule has 2 aromatic rings. The molecule has 0 unspecified atom stereocenters. The van der Waals surface area contributed by atoms with Crippen LogP contribution in [0.2, 0.25) is 0 Å². The van der Waals surface area contributed by atoms with E-state index >= 15 is 0 Å². The molecule has 0 saturated carbocycles. The summed E-state index contributed by atoms with van der Waals surface area (Å²) in [7, 11) is 0. The third kappa shape index (κ3) is 8.01. The second kappa shape index (κ2) is 13.4. The molecule has 37 heavy (non-hydrogen) atoms. The lowest BCUT2D eigenvalue weighted by molar-refractivity contribution is -0.133. The van der Waals surface area contributed by atoms with Gasteiger partial charge in [-0.1, -0.05) is 36.4 Å². The number of hydrazine groups is 1. The monoisotopic (exact) mass is 525 g/mol. The number of nitrogens with one attached hydrogen (secondary N) is 3. The Labute approximate surface area is 221 Å². The van der Waals surface area contributed by atoms with Gasteiger partial charge in [-0.2, -0.15) is 0 Å². The molecule has 0 spiro atoms. The van der Waals surface area contributed by atoms with Crippen molar-refractivity contribution in [3.63, 3.8) is 0 Å². The molecule has 0 aliphatic carbocycles. The van der Waals surface area contributed by atoms with E-state index in [2.05, 4.69) is 16.1 Å². The molecule has 0 bridgehead atoms. The number of amides is 4. The van der Waals surface area contributed by atoms with Gasteiger partial charge in [0.2, 0.25) is 17.7 Å². The first-order valence-corrected chi connectivity index (χ1v) is 12.4. The van der Waals surface area contributed by atoms with Crippen molar-refractivity contribution < 1.29 is 23.9 Å². The van der Waals surface area contributed by atoms with Crippen molar-refractivity contribution >= 4 is 46.6 Å². The topological polar surface area (TPSA) is 120 Å². The molecule has 3 rings (SSSR count). The van der Waals surface area contributed by atoms with Crippen molar-refractivity contribution in [1.29, 1.82) is 0 Å². The number of rotatable bonds is 12. The van der Waals surface area contributed by atoms with Crippen molar-refractivity contribution in [2.24, 2.45) is 0 Å². The molecule has 11 heteroatoms. The number of ether oxygens (including phenoxy) is 1. The van der Waals surface area contributed by atoms with Gasteiger partial charge >= 0.3 is 0 Å². The van der Waals surface area contributed by atoms with E-state index in [9.17, 15) is 19.2 Å². The minimum atomic E-state index is -1.01. The number of carbonyl (C=O) groups is 4. The summed E-state index contributed by atoms with van der Waals surface area (Å²) in [4.78, 5) is 51.3. The molecule has 0 aromatic heterocycles. The van der Waals surface area contributed by atoms with Crippen molar-refractivity contribution in [3.8, 4) is 5.75 Å². The molecule has 1 aliphatic heterocycles. The zero-order chi connectivity index (χ0) is 26.8. The molecule has 2 aromatic carbocycles. The van der Waals surface area contributed by atoms with Crippen LogP contribution in [0.1, 0.15) is 38.7 Å². The maximum Gasteiger partial charge on any atom is 0.254 e. The van der Waals surface area contributed by atoms with Gasteiger partial charge in [-0.25, -0.2) is 5.01 Å². The van der Waals surface area contributed by atoms with Crippen molar-refractivity contribution in [2.45, 2.75) is 45.7 Å². The number of nitrogens with zero attached hydrogens (tertiary/aromatic N) is 2. The van der Waals surface area contributed by atoms with Crippen LogP contribution < -0.4 is 20.8 Å². The number of carbonyl (C=O) groups excluding carboxylic acids is 4. The number of hydrogen-bond donors (Lipinski definition) is 3. The quantitative estimate of drug-likeness (QED) is 0.287. The first kappa shape index (κ1) is 27.6. The largest absolute Gasteiger partial charge is 0.494 e. The van der Waals surface area contributed by atoms with E-state index in [0.29, 0.717) is 31.0 Å². The number of benzene rings is 2. The lowest BCUT2D eigenvalue weighted by atomic mass is 10.1. The average molecular weight is 526 g/mol. The van der Waals surface area contributed by atoms with E-state index in [4.69, 9.17) is 17.0 Å². The van der Waals surface area contributed by atoms with Crippen LogP contribution in [0.5, 0.6) is 5.75 Å². The fraction of sp³-hybridized carbons (Fsp3) is 0.346. The van der Waals surface area contributed by atoms with Crippen molar-refractivity contribution in [1.82, 2.24) is 20.7 Å². The highest BCUT2D eigenvalue weighted by molar-refractivity contribution is 7.80. The number of anilines is 1. The van der Waals surface area contributed by atoms with Crippen LogP contribution in [0, 0.1) is 0 Å². The molecule has 10 nitrogen and oxygen atoms in total. The molecule has 196 valence electrons. The van der Waals surface area contributed by atoms with Crippen LogP contribution in [0.25, 0.3) is 0 Å². The Bertz CT molecular complexity index is 1140. The van der Waals surface area contributed by atoms with E-state index in [1.54, 1.807) is 24.3 Å². The van der Waals surface area contributed by atoms with Gasteiger partial charge in [0.1, 0.15) is 11.8 Å². The summed E-state index contributed by atoms with van der Waals surface area (Å²) in [5.74, 6) is -0.745. The predicted molar refractivity (Wildman–Crippen MR) is 142 cm³/mol. The van der Waals surface area contributed by atoms with Crippen molar-refractivity contribution in [3.05, 3.63) is 60.2 Å². The highest BCUT2D eigenvalue weighted by Gasteiger charge is 2.44. The summed E-state index contributed by atoms with van der Waals surface area (Å²) in [6, 6.07) is 15.3. The van der Waals surface area contributed by atoms with E-state index in [0.717, 1.165) is 5.56 Å². The fourth-order valence-electron chi connectivity index (χ4n) is 3.79. The minimum Gasteiger partial charge on any atom is -0.494 e. The highest BCUT2D eigenvalue weighted by atomic mass is 32.1. The van der Waals surface area contributed by atoms with E-state index in [-0.39, 0.29) is 42.2 Å². The summed E-state index contributed by atoms with van der Waals surface area (Å²) in [6.45, 7) is 4.31. The van der Waals surface area contributed by atoms with E-state index < -0.39 is 11.9 Å². The zero-order valence-electron chi connectivity index (χ0n) is 20.9. The summed E-state index contributed by atoms with van der Waals surface area (Å²) in [5.41, 5.74) is 4.07. The standard InChI is InChI=1S/C26H31N5O5S/c1-3-36-21-12-7-11-20(15-21)28-24(34)16-22-25(35)30(17-19-9-5-4-6-10-19)26(37)31(22)29-23(33)13-8-14-27-18(2)32/h4-7,9-12,15,22H,3,8,13-14,16-17H2,1-2H3,(H,27,32)(H,28,34)(H,29,33)/t22-/m0/s1. The Morgan fingerprint density at radius 1 is 1.05 bits per heavy atom. The molecule has 3 N–H and O–H groups in total. The molecule has 4 amide bonds. The van der Waals surface area contributed by atoms with Crippen molar-refractivity contribution in [2.75, 3.05) is 18.5 Å². The second-order valence-electron chi connectivity index (χ2n) is 8.41. The van der Waals surface area contributed by atoms with Crippen LogP contribution in [-0.4, -0.2) is 57.8 Å². The molecule has 1 heterocycles. The Balaban J connectivity index is 1.72. The lowest BCUT2D eigenvalue weighted by Crippen LogP contribution is -2.49. The molecule has 1 atom stereocenters. The van der Waals surface area contributed by atoms with Gasteiger partial charge in [-0.15, -0.1) is 0 Å². The third-order valence-corrected chi connectivity index (χ3v) is 5.91. The Morgan fingerprint density at radius 3 is 2.51 bits per heavy atom. The van der Waals surface area contributed by atoms with Gasteiger partial charge in [0, 0.05) is 31.6 Å². The Hall–Kier alpha value is -3.99. The van der Waals surface area contributed by atoms with Gasteiger partial charge in [0.15, 0.2) is 5.11 Å². The molecular weight excluding hydrogens is 494 g/mol. The summed E-state index contributed by atoms with van der Waals surface area (Å²) < 4.78 is 5.47. The highest BCUT2D eigenvalue weighted by Crippen LogP contribution is 2.23. The summed E-state index contributed by atoms with van der Waals surface area (Å²) in [6.07, 6.45) is 0.291. The Morgan fingerprint density at radius 2 is 1.81 bits per heavy atom. The normalized spacial score (nSPS) is 14.9. The average Bonchev–Trinajstić information content (AvgIpc) is 3.07.